The van der Waals surface area contributed by atoms with Gasteiger partial charge in [0, 0.05) is 23.4 Å². The maximum Gasteiger partial charge on any atom is 0.0705 e. The van der Waals surface area contributed by atoms with Gasteiger partial charge >= 0.3 is 0 Å². The summed E-state index contributed by atoms with van der Waals surface area (Å²) in [4.78, 5) is 4.46. The zero-order chi connectivity index (χ0) is 14.4. The van der Waals surface area contributed by atoms with Crippen molar-refractivity contribution in [2.45, 2.75) is 26.8 Å². The van der Waals surface area contributed by atoms with Crippen LogP contribution >= 0.6 is 11.8 Å². The predicted octanol–water partition coefficient (Wildman–Crippen LogP) is 4.27. The van der Waals surface area contributed by atoms with Gasteiger partial charge in [-0.05, 0) is 35.9 Å². The van der Waals surface area contributed by atoms with E-state index in [0.29, 0.717) is 6.04 Å². The van der Waals surface area contributed by atoms with E-state index >= 15 is 0 Å². The Labute approximate surface area is 126 Å². The number of rotatable bonds is 7. The molecule has 0 aliphatic rings. The molecule has 108 valence electrons. The zero-order valence-corrected chi connectivity index (χ0v) is 13.4. The van der Waals surface area contributed by atoms with Crippen molar-refractivity contribution >= 4 is 22.7 Å². The lowest BCUT2D eigenvalue weighted by Crippen LogP contribution is -2.23. The highest BCUT2D eigenvalue weighted by Crippen LogP contribution is 2.23. The van der Waals surface area contributed by atoms with Crippen LogP contribution in [0.5, 0.6) is 0 Å². The van der Waals surface area contributed by atoms with Gasteiger partial charge in [0.25, 0.3) is 0 Å². The van der Waals surface area contributed by atoms with E-state index < -0.39 is 0 Å². The molecule has 1 heterocycles. The summed E-state index contributed by atoms with van der Waals surface area (Å²) >= 11 is 2.03. The quantitative estimate of drug-likeness (QED) is 0.823. The van der Waals surface area contributed by atoms with Gasteiger partial charge in [-0.25, -0.2) is 0 Å². The van der Waals surface area contributed by atoms with Gasteiger partial charge < -0.3 is 5.32 Å². The molecule has 0 aliphatic carbocycles. The maximum absolute atomic E-state index is 4.46. The minimum absolute atomic E-state index is 0.412. The van der Waals surface area contributed by atoms with Crippen LogP contribution in [0.2, 0.25) is 0 Å². The van der Waals surface area contributed by atoms with Gasteiger partial charge in [0.05, 0.1) is 5.52 Å². The molecule has 0 spiro atoms. The summed E-state index contributed by atoms with van der Waals surface area (Å²) in [5.41, 5.74) is 2.43. The van der Waals surface area contributed by atoms with E-state index in [4.69, 9.17) is 0 Å². The minimum Gasteiger partial charge on any atom is -0.310 e. The van der Waals surface area contributed by atoms with E-state index in [2.05, 4.69) is 55.3 Å². The van der Waals surface area contributed by atoms with Gasteiger partial charge in [0.2, 0.25) is 0 Å². The average molecular weight is 288 g/mol. The first-order valence-corrected chi connectivity index (χ1v) is 8.52. The van der Waals surface area contributed by atoms with Crippen molar-refractivity contribution in [3.05, 3.63) is 42.1 Å². The van der Waals surface area contributed by atoms with Crippen LogP contribution in [0.4, 0.5) is 0 Å². The molecule has 1 aromatic heterocycles. The number of thioether (sulfide) groups is 1. The Bertz CT molecular complexity index is 539. The second-order valence-electron chi connectivity index (χ2n) is 5.50. The summed E-state index contributed by atoms with van der Waals surface area (Å²) in [6.45, 7) is 7.71. The van der Waals surface area contributed by atoms with Gasteiger partial charge in [0.15, 0.2) is 0 Å². The molecule has 0 radical (unpaired) electrons. The summed E-state index contributed by atoms with van der Waals surface area (Å²) < 4.78 is 0. The Morgan fingerprint density at radius 2 is 2.05 bits per heavy atom. The maximum atomic E-state index is 4.46. The van der Waals surface area contributed by atoms with Crippen molar-refractivity contribution in [3.8, 4) is 0 Å². The molecule has 1 atom stereocenters. The average Bonchev–Trinajstić information content (AvgIpc) is 2.45. The summed E-state index contributed by atoms with van der Waals surface area (Å²) in [6.07, 6.45) is 1.86. The van der Waals surface area contributed by atoms with Crippen LogP contribution in [0.1, 0.15) is 32.4 Å². The van der Waals surface area contributed by atoms with Gasteiger partial charge in [-0.2, -0.15) is 11.8 Å². The summed E-state index contributed by atoms with van der Waals surface area (Å²) in [5, 5.41) is 4.80. The Balaban J connectivity index is 2.13. The van der Waals surface area contributed by atoms with Crippen LogP contribution in [-0.2, 0) is 0 Å². The Hall–Kier alpha value is -1.06. The predicted molar refractivity (Wildman–Crippen MR) is 90.3 cm³/mol. The number of aromatic nitrogens is 1. The fourth-order valence-electron chi connectivity index (χ4n) is 2.24. The molecule has 0 saturated heterocycles. The second-order valence-corrected chi connectivity index (χ2v) is 6.57. The highest BCUT2D eigenvalue weighted by atomic mass is 32.2. The normalized spacial score (nSPS) is 13.0. The molecular formula is C17H24N2S. The Morgan fingerprint density at radius 3 is 2.80 bits per heavy atom. The van der Waals surface area contributed by atoms with Crippen molar-refractivity contribution in [1.82, 2.24) is 10.3 Å². The topological polar surface area (TPSA) is 24.9 Å². The zero-order valence-electron chi connectivity index (χ0n) is 12.6. The van der Waals surface area contributed by atoms with Crippen LogP contribution in [0.15, 0.2) is 36.5 Å². The third kappa shape index (κ3) is 4.22. The first-order chi connectivity index (χ1) is 9.70. The van der Waals surface area contributed by atoms with Gasteiger partial charge in [-0.3, -0.25) is 4.98 Å². The molecule has 1 aromatic carbocycles. The standard InChI is InChI=1S/C17H24N2S/c1-4-18-17(12-20-11-13(2)3)15-8-7-14-6-5-9-19-16(14)10-15/h5-10,13,17-18H,4,11-12H2,1-3H3. The summed E-state index contributed by atoms with van der Waals surface area (Å²) in [5.74, 6) is 3.08. The number of nitrogens with one attached hydrogen (secondary N) is 1. The lowest BCUT2D eigenvalue weighted by molar-refractivity contribution is 0.605. The molecule has 0 bridgehead atoms. The lowest BCUT2D eigenvalue weighted by Gasteiger charge is -2.19. The van der Waals surface area contributed by atoms with Crippen molar-refractivity contribution in [2.75, 3.05) is 18.1 Å². The van der Waals surface area contributed by atoms with E-state index in [0.717, 1.165) is 23.7 Å². The monoisotopic (exact) mass is 288 g/mol. The number of benzene rings is 1. The molecular weight excluding hydrogens is 264 g/mol. The first kappa shape index (κ1) is 15.3. The SMILES string of the molecule is CCNC(CSCC(C)C)c1ccc2cccnc2c1. The van der Waals surface area contributed by atoms with Crippen LogP contribution < -0.4 is 5.32 Å². The van der Waals surface area contributed by atoms with Crippen molar-refractivity contribution in [2.24, 2.45) is 5.92 Å². The molecule has 0 amide bonds. The first-order valence-electron chi connectivity index (χ1n) is 7.36. The Kier molecular flexibility index (Phi) is 5.86. The number of hydrogen-bond donors (Lipinski definition) is 1. The van der Waals surface area contributed by atoms with Crippen molar-refractivity contribution in [1.29, 1.82) is 0 Å². The van der Waals surface area contributed by atoms with Crippen LogP contribution in [0.25, 0.3) is 10.9 Å². The fraction of sp³-hybridized carbons (Fsp3) is 0.471. The molecule has 20 heavy (non-hydrogen) atoms. The van der Waals surface area contributed by atoms with E-state index in [1.807, 2.05) is 24.0 Å². The molecule has 0 saturated carbocycles. The summed E-state index contributed by atoms with van der Waals surface area (Å²) in [7, 11) is 0. The molecule has 0 aliphatic heterocycles. The smallest absolute Gasteiger partial charge is 0.0705 e. The lowest BCUT2D eigenvalue weighted by atomic mass is 10.1. The number of nitrogens with zero attached hydrogens (tertiary/aromatic N) is 1. The van der Waals surface area contributed by atoms with E-state index in [1.54, 1.807) is 0 Å². The van der Waals surface area contributed by atoms with E-state index in [1.165, 1.54) is 16.7 Å². The van der Waals surface area contributed by atoms with E-state index in [-0.39, 0.29) is 0 Å². The number of pyridine rings is 1. The minimum atomic E-state index is 0.412. The molecule has 1 N–H and O–H groups in total. The molecule has 3 heteroatoms. The van der Waals surface area contributed by atoms with E-state index in [9.17, 15) is 0 Å². The number of fused-ring (bicyclic) bond motifs is 1. The van der Waals surface area contributed by atoms with Gasteiger partial charge in [-0.1, -0.05) is 39.0 Å². The van der Waals surface area contributed by atoms with Crippen molar-refractivity contribution < 1.29 is 0 Å². The van der Waals surface area contributed by atoms with Crippen molar-refractivity contribution in [3.63, 3.8) is 0 Å². The third-order valence-electron chi connectivity index (χ3n) is 3.22. The van der Waals surface area contributed by atoms with Crippen LogP contribution in [0.3, 0.4) is 0 Å². The van der Waals surface area contributed by atoms with Crippen LogP contribution in [0, 0.1) is 5.92 Å². The van der Waals surface area contributed by atoms with Crippen LogP contribution in [-0.4, -0.2) is 23.0 Å². The molecule has 1 unspecified atom stereocenters. The molecule has 2 aromatic rings. The second kappa shape index (κ2) is 7.65. The number of hydrogen-bond acceptors (Lipinski definition) is 3. The third-order valence-corrected chi connectivity index (χ3v) is 4.69. The Morgan fingerprint density at radius 1 is 1.20 bits per heavy atom. The molecule has 2 rings (SSSR count). The largest absolute Gasteiger partial charge is 0.310 e. The molecule has 2 nitrogen and oxygen atoms in total. The molecule has 0 fully saturated rings. The van der Waals surface area contributed by atoms with Gasteiger partial charge in [-0.15, -0.1) is 0 Å². The highest BCUT2D eigenvalue weighted by Gasteiger charge is 2.11. The highest BCUT2D eigenvalue weighted by molar-refractivity contribution is 7.99. The fourth-order valence-corrected chi connectivity index (χ4v) is 3.39. The summed E-state index contributed by atoms with van der Waals surface area (Å²) in [6, 6.07) is 11.1. The van der Waals surface area contributed by atoms with Gasteiger partial charge in [0.1, 0.15) is 0 Å².